The van der Waals surface area contributed by atoms with E-state index < -0.39 is 6.10 Å². The first-order valence-corrected chi connectivity index (χ1v) is 7.93. The van der Waals surface area contributed by atoms with E-state index in [1.807, 2.05) is 33.9 Å². The zero-order valence-electron chi connectivity index (χ0n) is 15.3. The lowest BCUT2D eigenvalue weighted by molar-refractivity contribution is -0.131. The number of rotatable bonds is 7. The number of nitrogens with zero attached hydrogens (tertiary/aromatic N) is 1. The molecule has 1 aromatic rings. The molecule has 1 atom stereocenters. The second-order valence-corrected chi connectivity index (χ2v) is 6.36. The summed E-state index contributed by atoms with van der Waals surface area (Å²) in [5, 5.41) is 10.1. The van der Waals surface area contributed by atoms with Crippen LogP contribution in [0.4, 0.5) is 0 Å². The Kier molecular flexibility index (Phi) is 7.03. The summed E-state index contributed by atoms with van der Waals surface area (Å²) in [6, 6.07) is 2.22. The Bertz CT molecular complexity index is 554. The average molecular weight is 323 g/mol. The molecule has 5 nitrogen and oxygen atoms in total. The molecule has 1 aromatic carbocycles. The number of aliphatic hydroxyl groups is 1. The van der Waals surface area contributed by atoms with Gasteiger partial charge in [0.1, 0.15) is 24.2 Å². The van der Waals surface area contributed by atoms with E-state index in [1.54, 1.807) is 0 Å². The van der Waals surface area contributed by atoms with E-state index in [0.29, 0.717) is 24.1 Å². The van der Waals surface area contributed by atoms with Crippen molar-refractivity contribution in [2.75, 3.05) is 20.2 Å². The van der Waals surface area contributed by atoms with Crippen LogP contribution in [0.25, 0.3) is 0 Å². The standard InChI is InChI=1S/C18H29NO4/c1-11(2)19(7)9-16(21)10-22-17-8-12(3)18(23-15(6)20)14(5)13(17)4/h8,11,16,21H,9-10H2,1-7H3. The molecule has 0 saturated carbocycles. The summed E-state index contributed by atoms with van der Waals surface area (Å²) in [5.74, 6) is 0.959. The molecule has 5 heteroatoms. The average Bonchev–Trinajstić information content (AvgIpc) is 2.45. The maximum atomic E-state index is 11.2. The van der Waals surface area contributed by atoms with Crippen molar-refractivity contribution in [2.24, 2.45) is 0 Å². The molecule has 0 spiro atoms. The van der Waals surface area contributed by atoms with Crippen molar-refractivity contribution in [3.05, 3.63) is 22.8 Å². The molecular weight excluding hydrogens is 294 g/mol. The van der Waals surface area contributed by atoms with Crippen LogP contribution in [0.15, 0.2) is 6.07 Å². The van der Waals surface area contributed by atoms with Crippen molar-refractivity contribution < 1.29 is 19.4 Å². The molecule has 1 N–H and O–H groups in total. The third-order valence-corrected chi connectivity index (χ3v) is 4.04. The Balaban J connectivity index is 2.80. The van der Waals surface area contributed by atoms with E-state index >= 15 is 0 Å². The fraction of sp³-hybridized carbons (Fsp3) is 0.611. The molecule has 0 aromatic heterocycles. The molecule has 0 saturated heterocycles. The molecule has 0 aliphatic heterocycles. The van der Waals surface area contributed by atoms with E-state index in [2.05, 4.69) is 18.7 Å². The van der Waals surface area contributed by atoms with E-state index in [0.717, 1.165) is 16.7 Å². The highest BCUT2D eigenvalue weighted by Gasteiger charge is 2.16. The fourth-order valence-electron chi connectivity index (χ4n) is 2.25. The molecule has 0 aliphatic rings. The van der Waals surface area contributed by atoms with Gasteiger partial charge in [-0.15, -0.1) is 0 Å². The summed E-state index contributed by atoms with van der Waals surface area (Å²) >= 11 is 0. The number of carbonyl (C=O) groups is 1. The largest absolute Gasteiger partial charge is 0.491 e. The van der Waals surface area contributed by atoms with Crippen molar-refractivity contribution in [3.63, 3.8) is 0 Å². The van der Waals surface area contributed by atoms with Gasteiger partial charge in [0.25, 0.3) is 0 Å². The molecule has 23 heavy (non-hydrogen) atoms. The van der Waals surface area contributed by atoms with Gasteiger partial charge in [0.2, 0.25) is 0 Å². The molecule has 1 rings (SSSR count). The third-order valence-electron chi connectivity index (χ3n) is 4.04. The molecule has 0 amide bonds. The highest BCUT2D eigenvalue weighted by Crippen LogP contribution is 2.33. The summed E-state index contributed by atoms with van der Waals surface area (Å²) < 4.78 is 11.0. The van der Waals surface area contributed by atoms with Gasteiger partial charge in [0, 0.05) is 19.5 Å². The smallest absolute Gasteiger partial charge is 0.308 e. The van der Waals surface area contributed by atoms with Crippen LogP contribution < -0.4 is 9.47 Å². The second-order valence-electron chi connectivity index (χ2n) is 6.36. The van der Waals surface area contributed by atoms with Gasteiger partial charge in [-0.05, 0) is 64.4 Å². The minimum Gasteiger partial charge on any atom is -0.491 e. The summed E-state index contributed by atoms with van der Waals surface area (Å²) in [6.07, 6.45) is -0.560. The molecule has 0 fully saturated rings. The molecule has 0 bridgehead atoms. The van der Waals surface area contributed by atoms with E-state index in [4.69, 9.17) is 9.47 Å². The van der Waals surface area contributed by atoms with Crippen LogP contribution >= 0.6 is 0 Å². The Morgan fingerprint density at radius 3 is 2.39 bits per heavy atom. The summed E-state index contributed by atoms with van der Waals surface area (Å²) in [7, 11) is 1.97. The van der Waals surface area contributed by atoms with Crippen molar-refractivity contribution in [1.29, 1.82) is 0 Å². The number of aryl methyl sites for hydroxylation is 1. The van der Waals surface area contributed by atoms with Crippen LogP contribution in [-0.4, -0.2) is 48.3 Å². The van der Waals surface area contributed by atoms with E-state index in [-0.39, 0.29) is 12.6 Å². The summed E-state index contributed by atoms with van der Waals surface area (Å²) in [4.78, 5) is 13.3. The Morgan fingerprint density at radius 2 is 1.87 bits per heavy atom. The van der Waals surface area contributed by atoms with Crippen molar-refractivity contribution in [1.82, 2.24) is 4.90 Å². The van der Waals surface area contributed by atoms with Crippen molar-refractivity contribution >= 4 is 5.97 Å². The van der Waals surface area contributed by atoms with Gasteiger partial charge in [0.05, 0.1) is 0 Å². The van der Waals surface area contributed by atoms with E-state index in [9.17, 15) is 9.90 Å². The lowest BCUT2D eigenvalue weighted by Crippen LogP contribution is -2.37. The predicted octanol–water partition coefficient (Wildman–Crippen LogP) is 2.62. The minimum absolute atomic E-state index is 0.226. The number of hydrogen-bond donors (Lipinski definition) is 1. The number of carbonyl (C=O) groups excluding carboxylic acids is 1. The number of ether oxygens (including phenoxy) is 2. The van der Waals surface area contributed by atoms with Crippen LogP contribution in [0.1, 0.15) is 37.5 Å². The third kappa shape index (κ3) is 5.52. The molecule has 0 heterocycles. The number of benzene rings is 1. The lowest BCUT2D eigenvalue weighted by Gasteiger charge is -2.24. The normalized spacial score (nSPS) is 12.6. The monoisotopic (exact) mass is 323 g/mol. The summed E-state index contributed by atoms with van der Waals surface area (Å²) in [6.45, 7) is 12.0. The molecule has 1 unspecified atom stereocenters. The highest BCUT2D eigenvalue weighted by molar-refractivity contribution is 5.71. The lowest BCUT2D eigenvalue weighted by atomic mass is 10.0. The van der Waals surface area contributed by atoms with Crippen molar-refractivity contribution in [2.45, 2.75) is 53.7 Å². The number of likely N-dealkylation sites (N-methyl/N-ethyl adjacent to an activating group) is 1. The van der Waals surface area contributed by atoms with E-state index in [1.165, 1.54) is 6.92 Å². The Labute approximate surface area is 139 Å². The molecule has 130 valence electrons. The first-order valence-electron chi connectivity index (χ1n) is 7.93. The van der Waals surface area contributed by atoms with Gasteiger partial charge in [-0.1, -0.05) is 0 Å². The first kappa shape index (κ1) is 19.5. The zero-order valence-corrected chi connectivity index (χ0v) is 15.3. The molecule has 0 radical (unpaired) electrons. The van der Waals surface area contributed by atoms with Crippen LogP contribution in [0.2, 0.25) is 0 Å². The topological polar surface area (TPSA) is 59.0 Å². The van der Waals surface area contributed by atoms with Gasteiger partial charge in [-0.25, -0.2) is 0 Å². The van der Waals surface area contributed by atoms with Crippen LogP contribution in [-0.2, 0) is 4.79 Å². The first-order chi connectivity index (χ1) is 10.6. The Morgan fingerprint density at radius 1 is 1.26 bits per heavy atom. The molecule has 0 aliphatic carbocycles. The molecular formula is C18H29NO4. The number of hydrogen-bond acceptors (Lipinski definition) is 5. The quantitative estimate of drug-likeness (QED) is 0.617. The predicted molar refractivity (Wildman–Crippen MR) is 91.2 cm³/mol. The number of aliphatic hydroxyl groups excluding tert-OH is 1. The summed E-state index contributed by atoms with van der Waals surface area (Å²) in [5.41, 5.74) is 2.63. The highest BCUT2D eigenvalue weighted by atomic mass is 16.5. The minimum atomic E-state index is -0.560. The zero-order chi connectivity index (χ0) is 17.7. The fourth-order valence-corrected chi connectivity index (χ4v) is 2.25. The van der Waals surface area contributed by atoms with Crippen molar-refractivity contribution in [3.8, 4) is 11.5 Å². The maximum Gasteiger partial charge on any atom is 0.308 e. The van der Waals surface area contributed by atoms with Gasteiger partial charge in [-0.3, -0.25) is 4.79 Å². The Hall–Kier alpha value is -1.59. The van der Waals surface area contributed by atoms with Gasteiger partial charge in [-0.2, -0.15) is 0 Å². The number of esters is 1. The van der Waals surface area contributed by atoms with Crippen LogP contribution in [0.5, 0.6) is 11.5 Å². The second kappa shape index (κ2) is 8.31. The van der Waals surface area contributed by atoms with Crippen LogP contribution in [0.3, 0.4) is 0 Å². The van der Waals surface area contributed by atoms with Gasteiger partial charge < -0.3 is 19.5 Å². The SMILES string of the molecule is CC(=O)Oc1c(C)cc(OCC(O)CN(C)C(C)C)c(C)c1C. The van der Waals surface area contributed by atoms with Gasteiger partial charge >= 0.3 is 5.97 Å². The van der Waals surface area contributed by atoms with Crippen LogP contribution in [0, 0.1) is 20.8 Å². The maximum absolute atomic E-state index is 11.2. The van der Waals surface area contributed by atoms with Gasteiger partial charge in [0.15, 0.2) is 0 Å².